The van der Waals surface area contributed by atoms with Crippen LogP contribution in [-0.2, 0) is 19.6 Å². The molecule has 19 heavy (non-hydrogen) atoms. The number of hydrogen-bond donors (Lipinski definition) is 1. The fourth-order valence-corrected chi connectivity index (χ4v) is 2.13. The summed E-state index contributed by atoms with van der Waals surface area (Å²) in [6, 6.07) is 4.77. The Kier molecular flexibility index (Phi) is 4.93. The van der Waals surface area contributed by atoms with Crippen LogP contribution in [0.2, 0.25) is 5.02 Å². The summed E-state index contributed by atoms with van der Waals surface area (Å²) in [6.07, 6.45) is 4.78. The first kappa shape index (κ1) is 14.0. The van der Waals surface area contributed by atoms with Crippen LogP contribution in [0.25, 0.3) is 0 Å². The molecule has 0 aliphatic heterocycles. The fourth-order valence-electron chi connectivity index (χ4n) is 1.92. The van der Waals surface area contributed by atoms with Crippen molar-refractivity contribution in [1.29, 1.82) is 0 Å². The van der Waals surface area contributed by atoms with E-state index >= 15 is 0 Å². The van der Waals surface area contributed by atoms with Crippen molar-refractivity contribution >= 4 is 11.6 Å². The molecule has 0 spiro atoms. The largest absolute Gasteiger partial charge is 0.333 e. The fraction of sp³-hybridized carbons (Fsp3) is 0.357. The molecule has 102 valence electrons. The maximum absolute atomic E-state index is 13.0. The Morgan fingerprint density at radius 2 is 2.21 bits per heavy atom. The van der Waals surface area contributed by atoms with Gasteiger partial charge in [0.2, 0.25) is 0 Å². The number of aryl methyl sites for hydroxylation is 1. The Balaban J connectivity index is 1.89. The molecule has 2 aromatic rings. The van der Waals surface area contributed by atoms with Crippen LogP contribution in [0, 0.1) is 5.82 Å². The number of benzene rings is 1. The molecule has 2 rings (SSSR count). The van der Waals surface area contributed by atoms with Gasteiger partial charge >= 0.3 is 0 Å². The highest BCUT2D eigenvalue weighted by Crippen LogP contribution is 2.15. The molecule has 0 fully saturated rings. The van der Waals surface area contributed by atoms with Crippen molar-refractivity contribution in [2.75, 3.05) is 0 Å². The molecular weight excluding hydrogens is 265 g/mol. The summed E-state index contributed by atoms with van der Waals surface area (Å²) in [4.78, 5) is 4.14. The number of nitrogens with zero attached hydrogens (tertiary/aromatic N) is 2. The Labute approximate surface area is 117 Å². The minimum Gasteiger partial charge on any atom is -0.333 e. The van der Waals surface area contributed by atoms with Crippen molar-refractivity contribution in [1.82, 2.24) is 14.9 Å². The van der Waals surface area contributed by atoms with Crippen molar-refractivity contribution in [3.8, 4) is 0 Å². The highest BCUT2D eigenvalue weighted by molar-refractivity contribution is 6.30. The van der Waals surface area contributed by atoms with Crippen molar-refractivity contribution in [2.24, 2.45) is 0 Å². The van der Waals surface area contributed by atoms with Gasteiger partial charge in [-0.15, -0.1) is 0 Å². The molecule has 0 amide bonds. The first-order valence-corrected chi connectivity index (χ1v) is 6.72. The zero-order chi connectivity index (χ0) is 13.7. The van der Waals surface area contributed by atoms with E-state index in [-0.39, 0.29) is 10.8 Å². The zero-order valence-electron chi connectivity index (χ0n) is 10.9. The Hall–Kier alpha value is -1.39. The van der Waals surface area contributed by atoms with Crippen LogP contribution >= 0.6 is 11.6 Å². The van der Waals surface area contributed by atoms with Gasteiger partial charge in [0, 0.05) is 25.8 Å². The van der Waals surface area contributed by atoms with E-state index in [2.05, 4.69) is 21.8 Å². The summed E-state index contributed by atoms with van der Waals surface area (Å²) in [7, 11) is 0. The Morgan fingerprint density at radius 3 is 2.95 bits per heavy atom. The minimum absolute atomic E-state index is 0.162. The molecule has 1 aromatic heterocycles. The van der Waals surface area contributed by atoms with E-state index in [0.29, 0.717) is 6.54 Å². The van der Waals surface area contributed by atoms with Crippen LogP contribution in [0.15, 0.2) is 30.7 Å². The second-order valence-corrected chi connectivity index (χ2v) is 4.84. The normalized spacial score (nSPS) is 10.9. The van der Waals surface area contributed by atoms with Crippen LogP contribution in [0.5, 0.6) is 0 Å². The van der Waals surface area contributed by atoms with Crippen molar-refractivity contribution in [3.63, 3.8) is 0 Å². The summed E-state index contributed by atoms with van der Waals surface area (Å²) in [6.45, 7) is 4.49. The molecule has 1 aromatic carbocycles. The van der Waals surface area contributed by atoms with Gasteiger partial charge in [0.05, 0.1) is 17.0 Å². The van der Waals surface area contributed by atoms with Gasteiger partial charge in [-0.05, 0) is 24.1 Å². The molecule has 0 atom stereocenters. The first-order chi connectivity index (χ1) is 9.20. The average molecular weight is 282 g/mol. The second-order valence-electron chi connectivity index (χ2n) is 4.43. The molecular formula is C14H17ClFN3. The predicted octanol–water partition coefficient (Wildman–Crippen LogP) is 3.38. The predicted molar refractivity (Wildman–Crippen MR) is 74.5 cm³/mol. The van der Waals surface area contributed by atoms with E-state index < -0.39 is 0 Å². The van der Waals surface area contributed by atoms with E-state index in [4.69, 9.17) is 11.6 Å². The smallest absolute Gasteiger partial charge is 0.141 e. The first-order valence-electron chi connectivity index (χ1n) is 6.34. The topological polar surface area (TPSA) is 29.9 Å². The lowest BCUT2D eigenvalue weighted by Crippen LogP contribution is -2.15. The van der Waals surface area contributed by atoms with Crippen LogP contribution in [0.1, 0.15) is 24.6 Å². The summed E-state index contributed by atoms with van der Waals surface area (Å²) >= 11 is 5.74. The molecule has 0 aliphatic carbocycles. The third-order valence-electron chi connectivity index (χ3n) is 2.88. The maximum atomic E-state index is 13.0. The number of rotatable bonds is 6. The van der Waals surface area contributed by atoms with E-state index in [0.717, 1.165) is 30.8 Å². The third kappa shape index (κ3) is 3.78. The highest BCUT2D eigenvalue weighted by atomic mass is 35.5. The molecule has 0 saturated carbocycles. The number of halogens is 2. The number of hydrogen-bond acceptors (Lipinski definition) is 2. The number of imidazole rings is 1. The lowest BCUT2D eigenvalue weighted by molar-refractivity contribution is 0.599. The molecule has 1 heterocycles. The van der Waals surface area contributed by atoms with Crippen LogP contribution in [0.4, 0.5) is 4.39 Å². The number of aromatic nitrogens is 2. The molecule has 3 nitrogen and oxygen atoms in total. The quantitative estimate of drug-likeness (QED) is 0.880. The average Bonchev–Trinajstić information content (AvgIpc) is 2.82. The summed E-state index contributed by atoms with van der Waals surface area (Å²) in [5.41, 5.74) is 2.11. The summed E-state index contributed by atoms with van der Waals surface area (Å²) in [5.74, 6) is -0.383. The van der Waals surface area contributed by atoms with Crippen molar-refractivity contribution in [2.45, 2.75) is 33.0 Å². The minimum atomic E-state index is -0.383. The summed E-state index contributed by atoms with van der Waals surface area (Å²) < 4.78 is 15.1. The van der Waals surface area contributed by atoms with Crippen LogP contribution in [0.3, 0.4) is 0 Å². The van der Waals surface area contributed by atoms with Gasteiger partial charge in [-0.2, -0.15) is 0 Å². The molecule has 0 radical (unpaired) electrons. The van der Waals surface area contributed by atoms with Crippen molar-refractivity contribution in [3.05, 3.63) is 52.8 Å². The third-order valence-corrected chi connectivity index (χ3v) is 3.17. The van der Waals surface area contributed by atoms with Gasteiger partial charge in [-0.1, -0.05) is 24.6 Å². The van der Waals surface area contributed by atoms with E-state index in [1.807, 2.05) is 12.5 Å². The second kappa shape index (κ2) is 6.68. The molecule has 1 N–H and O–H groups in total. The number of nitrogens with one attached hydrogen (secondary N) is 1. The monoisotopic (exact) mass is 281 g/mol. The van der Waals surface area contributed by atoms with Gasteiger partial charge < -0.3 is 9.88 Å². The summed E-state index contributed by atoms with van der Waals surface area (Å²) in [5, 5.41) is 3.47. The Bertz CT molecular complexity index is 539. The van der Waals surface area contributed by atoms with Crippen LogP contribution in [-0.4, -0.2) is 9.55 Å². The lowest BCUT2D eigenvalue weighted by atomic mass is 10.2. The van der Waals surface area contributed by atoms with Gasteiger partial charge in [-0.25, -0.2) is 9.37 Å². The van der Waals surface area contributed by atoms with E-state index in [1.165, 1.54) is 6.07 Å². The van der Waals surface area contributed by atoms with Crippen LogP contribution < -0.4 is 5.32 Å². The van der Waals surface area contributed by atoms with E-state index in [1.54, 1.807) is 12.1 Å². The lowest BCUT2D eigenvalue weighted by Gasteiger charge is -2.08. The maximum Gasteiger partial charge on any atom is 0.141 e. The highest BCUT2D eigenvalue weighted by Gasteiger charge is 2.03. The molecule has 0 unspecified atom stereocenters. The Morgan fingerprint density at radius 1 is 1.37 bits per heavy atom. The van der Waals surface area contributed by atoms with Gasteiger partial charge in [0.1, 0.15) is 5.82 Å². The van der Waals surface area contributed by atoms with Gasteiger partial charge in [-0.3, -0.25) is 0 Å². The molecule has 0 bridgehead atoms. The standard InChI is InChI=1S/C14H17ClFN3/c1-2-5-19-10-18-9-12(19)8-17-7-11-3-4-14(16)13(15)6-11/h3-4,6,9-10,17H,2,5,7-8H2,1H3. The van der Waals surface area contributed by atoms with Gasteiger partial charge in [0.15, 0.2) is 0 Å². The molecule has 5 heteroatoms. The van der Waals surface area contributed by atoms with Crippen molar-refractivity contribution < 1.29 is 4.39 Å². The zero-order valence-corrected chi connectivity index (χ0v) is 11.6. The van der Waals surface area contributed by atoms with E-state index in [9.17, 15) is 4.39 Å². The molecule has 0 saturated heterocycles. The molecule has 0 aliphatic rings. The SMILES string of the molecule is CCCn1cncc1CNCc1ccc(F)c(Cl)c1. The van der Waals surface area contributed by atoms with Gasteiger partial charge in [0.25, 0.3) is 0 Å².